The second-order valence-corrected chi connectivity index (χ2v) is 5.57. The van der Waals surface area contributed by atoms with Crippen LogP contribution in [0.3, 0.4) is 0 Å². The van der Waals surface area contributed by atoms with E-state index in [9.17, 15) is 22.8 Å². The molecule has 1 atom stereocenters. The molecule has 2 amide bonds. The molecular formula is C18H17F3N2O3. The Labute approximate surface area is 148 Å². The molecule has 26 heavy (non-hydrogen) atoms. The summed E-state index contributed by atoms with van der Waals surface area (Å²) in [5.41, 5.74) is 0.440. The minimum Gasteiger partial charge on any atom is -0.481 e. The van der Waals surface area contributed by atoms with Gasteiger partial charge in [-0.25, -0.2) is 13.2 Å². The lowest BCUT2D eigenvalue weighted by Crippen LogP contribution is -2.40. The highest BCUT2D eigenvalue weighted by Crippen LogP contribution is 2.19. The highest BCUT2D eigenvalue weighted by Gasteiger charge is 2.18. The van der Waals surface area contributed by atoms with Gasteiger partial charge in [0.05, 0.1) is 12.2 Å². The maximum atomic E-state index is 13.5. The highest BCUT2D eigenvalue weighted by atomic mass is 19.2. The molecular weight excluding hydrogens is 349 g/mol. The van der Waals surface area contributed by atoms with E-state index in [4.69, 9.17) is 4.74 Å². The average Bonchev–Trinajstić information content (AvgIpc) is 2.60. The molecule has 0 fully saturated rings. The number of ether oxygens (including phenoxy) is 1. The number of aryl methyl sites for hydroxylation is 1. The van der Waals surface area contributed by atoms with E-state index in [0.717, 1.165) is 11.6 Å². The van der Waals surface area contributed by atoms with Crippen molar-refractivity contribution in [2.75, 3.05) is 11.9 Å². The summed E-state index contributed by atoms with van der Waals surface area (Å²) in [4.78, 5) is 23.7. The molecule has 0 unspecified atom stereocenters. The third-order valence-electron chi connectivity index (χ3n) is 3.40. The van der Waals surface area contributed by atoms with Gasteiger partial charge in [0.25, 0.3) is 5.91 Å². The first kappa shape index (κ1) is 19.3. The molecule has 0 spiro atoms. The van der Waals surface area contributed by atoms with Gasteiger partial charge in [-0.3, -0.25) is 9.59 Å². The summed E-state index contributed by atoms with van der Waals surface area (Å²) in [6.45, 7) is 2.89. The van der Waals surface area contributed by atoms with Gasteiger partial charge in [-0.2, -0.15) is 0 Å². The van der Waals surface area contributed by atoms with Crippen molar-refractivity contribution >= 4 is 17.5 Å². The summed E-state index contributed by atoms with van der Waals surface area (Å²) in [5, 5.41) is 4.37. The molecule has 138 valence electrons. The molecule has 2 N–H and O–H groups in total. The van der Waals surface area contributed by atoms with Crippen LogP contribution in [0.4, 0.5) is 18.9 Å². The van der Waals surface area contributed by atoms with Gasteiger partial charge < -0.3 is 15.4 Å². The van der Waals surface area contributed by atoms with Crippen LogP contribution in [0.1, 0.15) is 12.5 Å². The Bertz CT molecular complexity index is 827. The predicted molar refractivity (Wildman–Crippen MR) is 89.2 cm³/mol. The van der Waals surface area contributed by atoms with Crippen molar-refractivity contribution in [2.24, 2.45) is 0 Å². The van der Waals surface area contributed by atoms with Crippen LogP contribution in [-0.4, -0.2) is 24.5 Å². The minimum atomic E-state index is -1.69. The summed E-state index contributed by atoms with van der Waals surface area (Å²) in [6.07, 6.45) is -0.871. The van der Waals surface area contributed by atoms with Crippen molar-refractivity contribution in [2.45, 2.75) is 20.0 Å². The lowest BCUT2D eigenvalue weighted by atomic mass is 10.2. The third kappa shape index (κ3) is 4.98. The van der Waals surface area contributed by atoms with Crippen molar-refractivity contribution in [3.63, 3.8) is 0 Å². The Hall–Kier alpha value is -3.03. The molecule has 0 aliphatic carbocycles. The zero-order valence-corrected chi connectivity index (χ0v) is 14.1. The number of nitrogens with one attached hydrogen (secondary N) is 2. The monoisotopic (exact) mass is 366 g/mol. The number of rotatable bonds is 6. The van der Waals surface area contributed by atoms with Gasteiger partial charge in [0.1, 0.15) is 5.75 Å². The van der Waals surface area contributed by atoms with Gasteiger partial charge >= 0.3 is 0 Å². The number of anilines is 1. The van der Waals surface area contributed by atoms with E-state index in [-0.39, 0.29) is 0 Å². The van der Waals surface area contributed by atoms with Gasteiger partial charge in [0.15, 0.2) is 23.6 Å². The summed E-state index contributed by atoms with van der Waals surface area (Å²) in [6, 6.07) is 8.66. The summed E-state index contributed by atoms with van der Waals surface area (Å²) in [5.74, 6) is -5.43. The summed E-state index contributed by atoms with van der Waals surface area (Å²) < 4.78 is 44.9. The molecule has 0 radical (unpaired) electrons. The molecule has 5 nitrogen and oxygen atoms in total. The molecule has 2 aromatic rings. The molecule has 0 saturated heterocycles. The first-order chi connectivity index (χ1) is 12.3. The normalized spacial score (nSPS) is 11.6. The second kappa shape index (κ2) is 8.37. The average molecular weight is 366 g/mol. The van der Waals surface area contributed by atoms with E-state index in [0.29, 0.717) is 11.8 Å². The van der Waals surface area contributed by atoms with Gasteiger partial charge in [0, 0.05) is 0 Å². The van der Waals surface area contributed by atoms with E-state index in [1.165, 1.54) is 6.92 Å². The first-order valence-electron chi connectivity index (χ1n) is 7.72. The Balaban J connectivity index is 1.86. The zero-order chi connectivity index (χ0) is 19.3. The van der Waals surface area contributed by atoms with Crippen molar-refractivity contribution in [1.29, 1.82) is 0 Å². The molecule has 0 bridgehead atoms. The van der Waals surface area contributed by atoms with Crippen LogP contribution < -0.4 is 15.4 Å². The van der Waals surface area contributed by atoms with Crippen molar-refractivity contribution in [1.82, 2.24) is 5.32 Å². The van der Waals surface area contributed by atoms with E-state index < -0.39 is 47.6 Å². The maximum absolute atomic E-state index is 13.5. The van der Waals surface area contributed by atoms with Crippen LogP contribution in [0, 0.1) is 24.4 Å². The van der Waals surface area contributed by atoms with Crippen LogP contribution in [0.25, 0.3) is 0 Å². The fourth-order valence-corrected chi connectivity index (χ4v) is 2.07. The van der Waals surface area contributed by atoms with Gasteiger partial charge in [0.2, 0.25) is 5.91 Å². The van der Waals surface area contributed by atoms with E-state index in [2.05, 4.69) is 10.6 Å². The number of carbonyl (C=O) groups excluding carboxylic acids is 2. The molecule has 0 aromatic heterocycles. The minimum absolute atomic E-state index is 0.487. The molecule has 0 aliphatic rings. The van der Waals surface area contributed by atoms with Crippen molar-refractivity contribution < 1.29 is 27.5 Å². The predicted octanol–water partition coefficient (Wildman–Crippen LogP) is 2.93. The lowest BCUT2D eigenvalue weighted by Gasteiger charge is -2.15. The Kier molecular flexibility index (Phi) is 6.21. The van der Waals surface area contributed by atoms with E-state index in [1.807, 2.05) is 13.0 Å². The third-order valence-corrected chi connectivity index (χ3v) is 3.40. The number of benzene rings is 2. The fourth-order valence-electron chi connectivity index (χ4n) is 2.07. The Morgan fingerprint density at radius 2 is 1.85 bits per heavy atom. The smallest absolute Gasteiger partial charge is 0.261 e. The van der Waals surface area contributed by atoms with E-state index in [1.54, 1.807) is 18.2 Å². The molecule has 0 heterocycles. The second-order valence-electron chi connectivity index (χ2n) is 5.57. The number of amides is 2. The molecule has 2 rings (SSSR count). The summed E-state index contributed by atoms with van der Waals surface area (Å²) >= 11 is 0. The van der Waals surface area contributed by atoms with Crippen LogP contribution >= 0.6 is 0 Å². The van der Waals surface area contributed by atoms with Crippen molar-refractivity contribution in [3.05, 3.63) is 59.4 Å². The standard InChI is InChI=1S/C18H17F3N2O3/c1-10-4-3-5-12(8-10)26-11(2)18(25)22-9-15(24)23-14-7-6-13(19)16(20)17(14)21/h3-8,11H,9H2,1-2H3,(H,22,25)(H,23,24)/t11-/m0/s1. The fraction of sp³-hybridized carbons (Fsp3) is 0.222. The Morgan fingerprint density at radius 1 is 1.12 bits per heavy atom. The van der Waals surface area contributed by atoms with Gasteiger partial charge in [-0.05, 0) is 43.7 Å². The maximum Gasteiger partial charge on any atom is 0.261 e. The van der Waals surface area contributed by atoms with Gasteiger partial charge in [-0.15, -0.1) is 0 Å². The largest absolute Gasteiger partial charge is 0.481 e. The van der Waals surface area contributed by atoms with Gasteiger partial charge in [-0.1, -0.05) is 12.1 Å². The quantitative estimate of drug-likeness (QED) is 0.773. The molecule has 0 aliphatic heterocycles. The molecule has 2 aromatic carbocycles. The topological polar surface area (TPSA) is 67.4 Å². The van der Waals surface area contributed by atoms with Crippen LogP contribution in [0.2, 0.25) is 0 Å². The highest BCUT2D eigenvalue weighted by molar-refractivity contribution is 5.95. The number of hydrogen-bond acceptors (Lipinski definition) is 3. The van der Waals surface area contributed by atoms with Crippen LogP contribution in [-0.2, 0) is 9.59 Å². The van der Waals surface area contributed by atoms with Crippen LogP contribution in [0.5, 0.6) is 5.75 Å². The van der Waals surface area contributed by atoms with Crippen molar-refractivity contribution in [3.8, 4) is 5.75 Å². The summed E-state index contributed by atoms with van der Waals surface area (Å²) in [7, 11) is 0. The number of carbonyl (C=O) groups is 2. The zero-order valence-electron chi connectivity index (χ0n) is 14.1. The van der Waals surface area contributed by atoms with E-state index >= 15 is 0 Å². The SMILES string of the molecule is Cc1cccc(O[C@@H](C)C(=O)NCC(=O)Nc2ccc(F)c(F)c2F)c1. The lowest BCUT2D eigenvalue weighted by molar-refractivity contribution is -0.129. The first-order valence-corrected chi connectivity index (χ1v) is 7.72. The number of halogens is 3. The Morgan fingerprint density at radius 3 is 2.54 bits per heavy atom. The molecule has 0 saturated carbocycles. The van der Waals surface area contributed by atoms with Crippen LogP contribution in [0.15, 0.2) is 36.4 Å². The molecule has 8 heteroatoms. The number of hydrogen-bond donors (Lipinski definition) is 2.